The Balaban J connectivity index is 2.01. The van der Waals surface area contributed by atoms with Gasteiger partial charge in [-0.25, -0.2) is 0 Å². The van der Waals surface area contributed by atoms with Gasteiger partial charge in [0.15, 0.2) is 0 Å². The zero-order valence-electron chi connectivity index (χ0n) is 10.7. The third kappa shape index (κ3) is 2.64. The quantitative estimate of drug-likeness (QED) is 0.713. The molecule has 3 rings (SSSR count). The lowest BCUT2D eigenvalue weighted by Gasteiger charge is -2.13. The third-order valence-corrected chi connectivity index (χ3v) is 3.88. The van der Waals surface area contributed by atoms with Crippen LogP contribution in [0.1, 0.15) is 0 Å². The second-order valence-corrected chi connectivity index (χ2v) is 5.90. The lowest BCUT2D eigenvalue weighted by Crippen LogP contribution is -2.35. The van der Waals surface area contributed by atoms with E-state index in [-0.39, 0.29) is 0 Å². The van der Waals surface area contributed by atoms with Crippen molar-refractivity contribution in [3.05, 3.63) is 78.5 Å². The van der Waals surface area contributed by atoms with Crippen molar-refractivity contribution in [2.24, 2.45) is 0 Å². The van der Waals surface area contributed by atoms with Crippen LogP contribution in [0.5, 0.6) is 0 Å². The fourth-order valence-electron chi connectivity index (χ4n) is 2.11. The van der Waals surface area contributed by atoms with Crippen molar-refractivity contribution in [2.75, 3.05) is 5.32 Å². The van der Waals surface area contributed by atoms with Gasteiger partial charge in [0.05, 0.1) is 5.56 Å². The maximum atomic E-state index is 11.8. The van der Waals surface area contributed by atoms with E-state index in [1.807, 2.05) is 24.3 Å². The molecule has 3 aromatic carbocycles. The summed E-state index contributed by atoms with van der Waals surface area (Å²) in [5.41, 5.74) is 1.17. The van der Waals surface area contributed by atoms with E-state index in [9.17, 15) is 9.59 Å². The Bertz CT molecular complexity index is 880. The molecule has 3 nitrogen and oxygen atoms in total. The number of nitrogens with one attached hydrogen (secondary N) is 1. The number of hydrogen-bond acceptors (Lipinski definition) is 3. The van der Waals surface area contributed by atoms with Crippen molar-refractivity contribution in [3.8, 4) is 11.1 Å². The third-order valence-electron chi connectivity index (χ3n) is 3.14. The average molecular weight is 363 g/mol. The van der Waals surface area contributed by atoms with Crippen LogP contribution in [0.25, 0.3) is 11.1 Å². The molecule has 0 radical (unpaired) electrons. The van der Waals surface area contributed by atoms with Gasteiger partial charge < -0.3 is 5.32 Å². The summed E-state index contributed by atoms with van der Waals surface area (Å²) in [7, 11) is 0. The highest BCUT2D eigenvalue weighted by Crippen LogP contribution is 2.28. The van der Waals surface area contributed by atoms with Gasteiger partial charge in [-0.2, -0.15) is 0 Å². The summed E-state index contributed by atoms with van der Waals surface area (Å²) in [6.45, 7) is 0. The Kier molecular flexibility index (Phi) is 3.66. The zero-order valence-corrected chi connectivity index (χ0v) is 13.0. The van der Waals surface area contributed by atoms with Crippen LogP contribution in [0.2, 0.25) is 5.02 Å². The molecule has 0 atom stereocenters. The fraction of sp³-hybridized carbons (Fsp3) is 0. The van der Waals surface area contributed by atoms with Gasteiger partial charge >= 0.3 is 0 Å². The van der Waals surface area contributed by atoms with Crippen LogP contribution >= 0.6 is 27.5 Å². The summed E-state index contributed by atoms with van der Waals surface area (Å²) in [4.78, 5) is 23.6. The van der Waals surface area contributed by atoms with Crippen molar-refractivity contribution >= 4 is 38.9 Å². The molecule has 0 spiro atoms. The second-order valence-electron chi connectivity index (χ2n) is 4.55. The van der Waals surface area contributed by atoms with Gasteiger partial charge in [0.2, 0.25) is 5.43 Å². The summed E-state index contributed by atoms with van der Waals surface area (Å²) < 4.78 is 0.888. The number of benzene rings is 2. The number of anilines is 2. The molecule has 0 saturated heterocycles. The first-order valence-electron chi connectivity index (χ1n) is 6.18. The molecule has 0 bridgehead atoms. The Labute approximate surface area is 134 Å². The van der Waals surface area contributed by atoms with E-state index in [0.29, 0.717) is 21.8 Å². The van der Waals surface area contributed by atoms with Crippen LogP contribution in [0.3, 0.4) is 0 Å². The lowest BCUT2D eigenvalue weighted by molar-refractivity contribution is 1.37. The molecular weight excluding hydrogens is 354 g/mol. The van der Waals surface area contributed by atoms with E-state index in [0.717, 1.165) is 10.2 Å². The summed E-state index contributed by atoms with van der Waals surface area (Å²) >= 11 is 9.20. The maximum absolute atomic E-state index is 11.8. The Morgan fingerprint density at radius 1 is 0.952 bits per heavy atom. The van der Waals surface area contributed by atoms with Crippen LogP contribution in [-0.4, -0.2) is 0 Å². The molecule has 0 aromatic heterocycles. The topological polar surface area (TPSA) is 46.2 Å². The van der Waals surface area contributed by atoms with E-state index in [2.05, 4.69) is 21.2 Å². The molecule has 5 heteroatoms. The minimum Gasteiger partial charge on any atom is -0.352 e. The van der Waals surface area contributed by atoms with E-state index in [1.54, 1.807) is 24.3 Å². The number of halogens is 2. The Morgan fingerprint density at radius 3 is 2.33 bits per heavy atom. The Morgan fingerprint density at radius 2 is 1.67 bits per heavy atom. The van der Waals surface area contributed by atoms with Crippen LogP contribution in [-0.2, 0) is 0 Å². The molecule has 0 unspecified atom stereocenters. The summed E-state index contributed by atoms with van der Waals surface area (Å²) in [6, 6.07) is 14.2. The molecule has 0 aliphatic rings. The van der Waals surface area contributed by atoms with Gasteiger partial charge in [-0.3, -0.25) is 9.59 Å². The first-order chi connectivity index (χ1) is 10.1. The van der Waals surface area contributed by atoms with Crippen molar-refractivity contribution in [3.63, 3.8) is 0 Å². The van der Waals surface area contributed by atoms with E-state index < -0.39 is 10.9 Å². The zero-order chi connectivity index (χ0) is 15.0. The minimum atomic E-state index is -0.500. The highest BCUT2D eigenvalue weighted by Gasteiger charge is 2.22. The molecule has 0 heterocycles. The molecular formula is C16H9BrClNO2. The smallest absolute Gasteiger partial charge is 0.250 e. The SMILES string of the molecule is O=c1c(Nc2cccc(Br)c2)c(-c2ccc(Cl)cc2)c1=O. The molecule has 0 aliphatic carbocycles. The van der Waals surface area contributed by atoms with Crippen molar-refractivity contribution in [1.82, 2.24) is 0 Å². The van der Waals surface area contributed by atoms with Gasteiger partial charge in [0, 0.05) is 15.2 Å². The average Bonchev–Trinajstić information content (AvgIpc) is 2.48. The van der Waals surface area contributed by atoms with Gasteiger partial charge in [0.1, 0.15) is 5.69 Å². The summed E-state index contributed by atoms with van der Waals surface area (Å²) in [6.07, 6.45) is 0. The van der Waals surface area contributed by atoms with Gasteiger partial charge in [-0.15, -0.1) is 0 Å². The standard InChI is InChI=1S/C16H9BrClNO2/c17-10-2-1-3-12(8-10)19-14-13(15(20)16(14)21)9-4-6-11(18)7-5-9/h1-8,19H. The lowest BCUT2D eigenvalue weighted by atomic mass is 9.98. The first kappa shape index (κ1) is 14.0. The minimum absolute atomic E-state index is 0.320. The van der Waals surface area contributed by atoms with E-state index >= 15 is 0 Å². The maximum Gasteiger partial charge on any atom is 0.250 e. The summed E-state index contributed by atoms with van der Waals surface area (Å²) in [5.74, 6) is 0. The molecule has 3 aromatic rings. The largest absolute Gasteiger partial charge is 0.352 e. The first-order valence-corrected chi connectivity index (χ1v) is 7.35. The second kappa shape index (κ2) is 5.47. The van der Waals surface area contributed by atoms with Crippen molar-refractivity contribution < 1.29 is 0 Å². The molecule has 0 fully saturated rings. The predicted octanol–water partition coefficient (Wildman–Crippen LogP) is 4.11. The number of rotatable bonds is 3. The molecule has 104 valence electrons. The normalized spacial score (nSPS) is 10.8. The van der Waals surface area contributed by atoms with Crippen LogP contribution in [0.4, 0.5) is 11.4 Å². The Hall–Kier alpha value is -1.91. The van der Waals surface area contributed by atoms with Gasteiger partial charge in [-0.05, 0) is 35.9 Å². The van der Waals surface area contributed by atoms with Crippen LogP contribution in [0.15, 0.2) is 62.6 Å². The van der Waals surface area contributed by atoms with Crippen LogP contribution < -0.4 is 16.2 Å². The van der Waals surface area contributed by atoms with Crippen molar-refractivity contribution in [2.45, 2.75) is 0 Å². The van der Waals surface area contributed by atoms with E-state index in [4.69, 9.17) is 11.6 Å². The van der Waals surface area contributed by atoms with Gasteiger partial charge in [0.25, 0.3) is 5.43 Å². The highest BCUT2D eigenvalue weighted by molar-refractivity contribution is 9.10. The highest BCUT2D eigenvalue weighted by atomic mass is 79.9. The molecule has 0 amide bonds. The van der Waals surface area contributed by atoms with Crippen molar-refractivity contribution in [1.29, 1.82) is 0 Å². The molecule has 21 heavy (non-hydrogen) atoms. The molecule has 1 N–H and O–H groups in total. The predicted molar refractivity (Wildman–Crippen MR) is 89.2 cm³/mol. The molecule has 0 saturated carbocycles. The number of hydrogen-bond donors (Lipinski definition) is 1. The summed E-state index contributed by atoms with van der Waals surface area (Å²) in [5, 5.41) is 3.59. The van der Waals surface area contributed by atoms with Gasteiger partial charge in [-0.1, -0.05) is 45.7 Å². The monoisotopic (exact) mass is 361 g/mol. The van der Waals surface area contributed by atoms with E-state index in [1.165, 1.54) is 0 Å². The van der Waals surface area contributed by atoms with Crippen LogP contribution in [0, 0.1) is 0 Å². The fourth-order valence-corrected chi connectivity index (χ4v) is 2.64. The molecule has 0 aliphatic heterocycles.